The summed E-state index contributed by atoms with van der Waals surface area (Å²) in [6.07, 6.45) is 1.26. The quantitative estimate of drug-likeness (QED) is 0.637. The van der Waals surface area contributed by atoms with E-state index in [0.717, 1.165) is 34.8 Å². The number of fused-ring (bicyclic) bond motifs is 1. The molecule has 1 heterocycles. The molecule has 0 bridgehead atoms. The molecule has 6 heteroatoms. The predicted molar refractivity (Wildman–Crippen MR) is 115 cm³/mol. The molecule has 1 aliphatic rings. The molecule has 29 heavy (non-hydrogen) atoms. The Morgan fingerprint density at radius 2 is 1.76 bits per heavy atom. The third-order valence-corrected chi connectivity index (χ3v) is 4.95. The van der Waals surface area contributed by atoms with Gasteiger partial charge in [-0.1, -0.05) is 25.1 Å². The second-order valence-corrected chi connectivity index (χ2v) is 7.51. The number of aryl methyl sites for hydroxylation is 1. The van der Waals surface area contributed by atoms with Crippen LogP contribution in [0.1, 0.15) is 35.0 Å². The highest BCUT2D eigenvalue weighted by Gasteiger charge is 2.28. The van der Waals surface area contributed by atoms with Crippen LogP contribution in [0.25, 0.3) is 0 Å². The number of Topliss-reactive ketones (excluding diaryl/α,β-unsaturated/α-hetero) is 1. The molecule has 6 nitrogen and oxygen atoms in total. The normalized spacial score (nSPS) is 15.6. The first-order valence-electron chi connectivity index (χ1n) is 9.70. The Kier molecular flexibility index (Phi) is 5.16. The molecule has 0 saturated heterocycles. The Morgan fingerprint density at radius 1 is 1.00 bits per heavy atom. The van der Waals surface area contributed by atoms with Crippen molar-refractivity contribution in [3.05, 3.63) is 65.4 Å². The maximum Gasteiger partial charge on any atom is 0.229 e. The number of carbonyl (C=O) groups excluding carboxylic acids is 1. The summed E-state index contributed by atoms with van der Waals surface area (Å²) in [7, 11) is 1.63. The number of hydrogen-bond donors (Lipinski definition) is 2. The van der Waals surface area contributed by atoms with Gasteiger partial charge in [-0.25, -0.2) is 4.98 Å². The monoisotopic (exact) mass is 388 g/mol. The molecule has 1 atom stereocenters. The van der Waals surface area contributed by atoms with Gasteiger partial charge in [-0.3, -0.25) is 4.79 Å². The van der Waals surface area contributed by atoms with Crippen LogP contribution >= 0.6 is 0 Å². The molecular formula is C23H24N4O2. The van der Waals surface area contributed by atoms with Gasteiger partial charge in [-0.05, 0) is 49.1 Å². The lowest BCUT2D eigenvalue weighted by atomic mass is 9.87. The fraction of sp³-hybridized carbons (Fsp3) is 0.261. The van der Waals surface area contributed by atoms with Gasteiger partial charge in [0.1, 0.15) is 11.6 Å². The van der Waals surface area contributed by atoms with Gasteiger partial charge in [0.05, 0.1) is 18.4 Å². The van der Waals surface area contributed by atoms with Gasteiger partial charge in [-0.2, -0.15) is 4.98 Å². The number of rotatable bonds is 5. The summed E-state index contributed by atoms with van der Waals surface area (Å²) in [6.45, 7) is 4.11. The third kappa shape index (κ3) is 4.21. The average molecular weight is 388 g/mol. The topological polar surface area (TPSA) is 76.1 Å². The van der Waals surface area contributed by atoms with E-state index in [1.54, 1.807) is 7.11 Å². The van der Waals surface area contributed by atoms with E-state index in [4.69, 9.17) is 4.74 Å². The van der Waals surface area contributed by atoms with E-state index in [2.05, 4.69) is 27.5 Å². The Labute approximate surface area is 170 Å². The number of carbonyl (C=O) groups is 1. The summed E-state index contributed by atoms with van der Waals surface area (Å²) < 4.78 is 5.29. The van der Waals surface area contributed by atoms with Crippen LogP contribution < -0.4 is 15.4 Å². The maximum atomic E-state index is 12.8. The molecule has 148 valence electrons. The van der Waals surface area contributed by atoms with E-state index in [-0.39, 0.29) is 11.7 Å². The van der Waals surface area contributed by atoms with Gasteiger partial charge in [0.15, 0.2) is 5.78 Å². The lowest BCUT2D eigenvalue weighted by Gasteiger charge is -2.23. The number of hydrogen-bond acceptors (Lipinski definition) is 6. The maximum absolute atomic E-state index is 12.8. The molecule has 2 aromatic carbocycles. The van der Waals surface area contributed by atoms with Gasteiger partial charge < -0.3 is 15.4 Å². The van der Waals surface area contributed by atoms with Gasteiger partial charge in [0.25, 0.3) is 0 Å². The lowest BCUT2D eigenvalue weighted by molar-refractivity contribution is 0.0953. The summed E-state index contributed by atoms with van der Waals surface area (Å²) in [5.41, 5.74) is 4.23. The first kappa shape index (κ1) is 18.9. The van der Waals surface area contributed by atoms with Crippen LogP contribution in [0.5, 0.6) is 5.75 Å². The molecule has 1 aliphatic carbocycles. The minimum absolute atomic E-state index is 0.0850. The van der Waals surface area contributed by atoms with Crippen molar-refractivity contribution >= 4 is 28.9 Å². The summed E-state index contributed by atoms with van der Waals surface area (Å²) in [5.74, 6) is 2.09. The van der Waals surface area contributed by atoms with Crippen LogP contribution in [0.15, 0.2) is 48.5 Å². The zero-order chi connectivity index (χ0) is 20.4. The molecule has 0 saturated carbocycles. The highest BCUT2D eigenvalue weighted by Crippen LogP contribution is 2.32. The van der Waals surface area contributed by atoms with Crippen molar-refractivity contribution in [2.24, 2.45) is 5.92 Å². The second kappa shape index (κ2) is 7.91. The molecule has 3 aromatic rings. The molecule has 4 rings (SSSR count). The SMILES string of the molecule is COc1cccc(Nc2nc3c(c(Nc4cccc(C)c4)n2)C(=O)CC(C)C3)c1. The van der Waals surface area contributed by atoms with Crippen molar-refractivity contribution in [1.29, 1.82) is 0 Å². The number of nitrogens with one attached hydrogen (secondary N) is 2. The number of aromatic nitrogens is 2. The van der Waals surface area contributed by atoms with Gasteiger partial charge in [-0.15, -0.1) is 0 Å². The average Bonchev–Trinajstić information content (AvgIpc) is 2.67. The first-order valence-corrected chi connectivity index (χ1v) is 9.70. The van der Waals surface area contributed by atoms with E-state index in [9.17, 15) is 4.79 Å². The summed E-state index contributed by atoms with van der Waals surface area (Å²) in [6, 6.07) is 15.6. The number of benzene rings is 2. The van der Waals surface area contributed by atoms with Crippen LogP contribution in [-0.4, -0.2) is 22.9 Å². The predicted octanol–water partition coefficient (Wildman–Crippen LogP) is 5.05. The molecule has 0 amide bonds. The number of ketones is 1. The van der Waals surface area contributed by atoms with E-state index in [0.29, 0.717) is 23.8 Å². The first-order chi connectivity index (χ1) is 14.0. The van der Waals surface area contributed by atoms with Crippen molar-refractivity contribution in [2.75, 3.05) is 17.7 Å². The van der Waals surface area contributed by atoms with E-state index < -0.39 is 0 Å². The van der Waals surface area contributed by atoms with Crippen LogP contribution in [0, 0.1) is 12.8 Å². The molecule has 0 spiro atoms. The largest absolute Gasteiger partial charge is 0.497 e. The standard InChI is InChI=1S/C23H24N4O2/c1-14-6-4-7-16(10-14)24-22-21-19(11-15(2)12-20(21)28)26-23(27-22)25-17-8-5-9-18(13-17)29-3/h4-10,13,15H,11-12H2,1-3H3,(H2,24,25,26,27). The lowest BCUT2D eigenvalue weighted by Crippen LogP contribution is -2.22. The molecule has 0 radical (unpaired) electrons. The number of anilines is 4. The highest BCUT2D eigenvalue weighted by atomic mass is 16.5. The zero-order valence-electron chi connectivity index (χ0n) is 16.8. The Morgan fingerprint density at radius 3 is 2.52 bits per heavy atom. The van der Waals surface area contributed by atoms with Gasteiger partial charge in [0.2, 0.25) is 5.95 Å². The van der Waals surface area contributed by atoms with E-state index >= 15 is 0 Å². The van der Waals surface area contributed by atoms with Crippen molar-refractivity contribution < 1.29 is 9.53 Å². The number of nitrogens with zero attached hydrogens (tertiary/aromatic N) is 2. The van der Waals surface area contributed by atoms with Crippen LogP contribution in [-0.2, 0) is 6.42 Å². The summed E-state index contributed by atoms with van der Waals surface area (Å²) in [4.78, 5) is 22.1. The van der Waals surface area contributed by atoms with Gasteiger partial charge in [0, 0.05) is 23.9 Å². The van der Waals surface area contributed by atoms with Gasteiger partial charge >= 0.3 is 0 Å². The highest BCUT2D eigenvalue weighted by molar-refractivity contribution is 6.03. The summed E-state index contributed by atoms with van der Waals surface area (Å²) in [5, 5.41) is 6.57. The van der Waals surface area contributed by atoms with Crippen LogP contribution in [0.4, 0.5) is 23.1 Å². The molecule has 0 aliphatic heterocycles. The fourth-order valence-electron chi connectivity index (χ4n) is 3.60. The zero-order valence-corrected chi connectivity index (χ0v) is 16.8. The fourth-order valence-corrected chi connectivity index (χ4v) is 3.60. The van der Waals surface area contributed by atoms with Crippen molar-refractivity contribution in [3.63, 3.8) is 0 Å². The Bertz CT molecular complexity index is 1060. The van der Waals surface area contributed by atoms with Crippen molar-refractivity contribution in [2.45, 2.75) is 26.7 Å². The molecule has 2 N–H and O–H groups in total. The van der Waals surface area contributed by atoms with Crippen molar-refractivity contribution in [1.82, 2.24) is 9.97 Å². The molecule has 0 fully saturated rings. The Hall–Kier alpha value is -3.41. The van der Waals surface area contributed by atoms with Crippen LogP contribution in [0.2, 0.25) is 0 Å². The second-order valence-electron chi connectivity index (χ2n) is 7.51. The van der Waals surface area contributed by atoms with Crippen molar-refractivity contribution in [3.8, 4) is 5.75 Å². The Balaban J connectivity index is 1.74. The smallest absolute Gasteiger partial charge is 0.229 e. The third-order valence-electron chi connectivity index (χ3n) is 4.95. The van der Waals surface area contributed by atoms with E-state index in [1.165, 1.54) is 0 Å². The molecular weight excluding hydrogens is 364 g/mol. The number of ether oxygens (including phenoxy) is 1. The minimum Gasteiger partial charge on any atom is -0.497 e. The summed E-state index contributed by atoms with van der Waals surface area (Å²) >= 11 is 0. The minimum atomic E-state index is 0.0850. The van der Waals surface area contributed by atoms with Crippen LogP contribution in [0.3, 0.4) is 0 Å². The van der Waals surface area contributed by atoms with E-state index in [1.807, 2.05) is 55.5 Å². The molecule has 1 aromatic heterocycles. The molecule has 1 unspecified atom stereocenters. The number of methoxy groups -OCH3 is 1.